The molecular weight excluding hydrogens is 292 g/mol. The largest absolute Gasteiger partial charge is 0.381 e. The van der Waals surface area contributed by atoms with Crippen molar-refractivity contribution in [2.24, 2.45) is 5.73 Å². The van der Waals surface area contributed by atoms with Gasteiger partial charge in [-0.15, -0.1) is 0 Å². The first-order valence-electron chi connectivity index (χ1n) is 5.37. The van der Waals surface area contributed by atoms with Gasteiger partial charge in [-0.25, -0.2) is 8.78 Å². The van der Waals surface area contributed by atoms with E-state index in [9.17, 15) is 8.78 Å². The number of hydrogen-bond donors (Lipinski definition) is 1. The normalized spacial score (nSPS) is 14.6. The summed E-state index contributed by atoms with van der Waals surface area (Å²) in [6.07, 6.45) is 0.622. The molecule has 0 amide bonds. The van der Waals surface area contributed by atoms with Crippen LogP contribution in [0.2, 0.25) is 0 Å². The van der Waals surface area contributed by atoms with Crippen LogP contribution in [0.15, 0.2) is 22.7 Å². The van der Waals surface area contributed by atoms with Crippen molar-refractivity contribution in [3.8, 4) is 0 Å². The van der Waals surface area contributed by atoms with Crippen LogP contribution in [-0.4, -0.2) is 20.3 Å². The fraction of sp³-hybridized carbons (Fsp3) is 0.500. The first-order valence-corrected chi connectivity index (χ1v) is 6.17. The topological polar surface area (TPSA) is 35.2 Å². The van der Waals surface area contributed by atoms with Crippen LogP contribution in [0.4, 0.5) is 8.78 Å². The Morgan fingerprint density at radius 3 is 2.76 bits per heavy atom. The smallest absolute Gasteiger partial charge is 0.162 e. The minimum atomic E-state index is -1.83. The molecule has 2 N–H and O–H groups in total. The van der Waals surface area contributed by atoms with Crippen molar-refractivity contribution in [2.75, 3.05) is 20.3 Å². The van der Waals surface area contributed by atoms with Crippen molar-refractivity contribution in [1.82, 2.24) is 0 Å². The predicted molar refractivity (Wildman–Crippen MR) is 67.1 cm³/mol. The maximum Gasteiger partial charge on any atom is 0.162 e. The third-order valence-corrected chi connectivity index (χ3v) is 3.20. The molecule has 0 radical (unpaired) electrons. The highest BCUT2D eigenvalue weighted by molar-refractivity contribution is 9.10. The van der Waals surface area contributed by atoms with Gasteiger partial charge < -0.3 is 10.5 Å². The van der Waals surface area contributed by atoms with E-state index in [0.29, 0.717) is 13.0 Å². The summed E-state index contributed by atoms with van der Waals surface area (Å²) in [5, 5.41) is 0. The number of alkyl halides is 1. The van der Waals surface area contributed by atoms with Gasteiger partial charge in [-0.2, -0.15) is 0 Å². The van der Waals surface area contributed by atoms with Gasteiger partial charge in [0.05, 0.1) is 11.1 Å². The van der Waals surface area contributed by atoms with Crippen LogP contribution in [0.5, 0.6) is 0 Å². The van der Waals surface area contributed by atoms with Crippen LogP contribution >= 0.6 is 15.9 Å². The van der Waals surface area contributed by atoms with Crippen molar-refractivity contribution in [1.29, 1.82) is 0 Å². The lowest BCUT2D eigenvalue weighted by Gasteiger charge is -2.25. The Morgan fingerprint density at radius 2 is 2.18 bits per heavy atom. The lowest BCUT2D eigenvalue weighted by atomic mass is 9.91. The summed E-state index contributed by atoms with van der Waals surface area (Å²) < 4.78 is 33.7. The molecule has 1 aromatic rings. The quantitative estimate of drug-likeness (QED) is 0.876. The Morgan fingerprint density at radius 1 is 1.47 bits per heavy atom. The van der Waals surface area contributed by atoms with E-state index >= 15 is 0 Å². The minimum Gasteiger partial charge on any atom is -0.381 e. The highest BCUT2D eigenvalue weighted by atomic mass is 79.9. The summed E-state index contributed by atoms with van der Waals surface area (Å²) in [7, 11) is 1.40. The number of methoxy groups -OCH3 is 1. The molecule has 0 heterocycles. The molecule has 0 bridgehead atoms. The Bertz CT molecular complexity index is 376. The standard InChI is InChI=1S/C12H16BrF2NO/c1-17-8-12(15,6-3-7-16)9-4-2-5-10(13)11(9)14/h2,4-5H,3,6-8,16H2,1H3. The van der Waals surface area contributed by atoms with E-state index in [1.54, 1.807) is 6.07 Å². The Hall–Kier alpha value is -0.520. The van der Waals surface area contributed by atoms with Gasteiger partial charge in [0.25, 0.3) is 0 Å². The average Bonchev–Trinajstić information content (AvgIpc) is 2.30. The SMILES string of the molecule is COCC(F)(CCCN)c1cccc(Br)c1F. The second-order valence-corrected chi connectivity index (χ2v) is 4.75. The number of ether oxygens (including phenoxy) is 1. The summed E-state index contributed by atoms with van der Waals surface area (Å²) in [6, 6.07) is 4.58. The van der Waals surface area contributed by atoms with E-state index in [4.69, 9.17) is 10.5 Å². The zero-order valence-corrected chi connectivity index (χ0v) is 11.3. The van der Waals surface area contributed by atoms with Gasteiger partial charge in [0.2, 0.25) is 0 Å². The Balaban J connectivity index is 3.08. The Kier molecular flexibility index (Phi) is 5.49. The second-order valence-electron chi connectivity index (χ2n) is 3.89. The molecule has 0 spiro atoms. The maximum atomic E-state index is 14.7. The molecule has 1 unspecified atom stereocenters. The highest BCUT2D eigenvalue weighted by Gasteiger charge is 2.34. The number of rotatable bonds is 6. The van der Waals surface area contributed by atoms with Crippen molar-refractivity contribution < 1.29 is 13.5 Å². The van der Waals surface area contributed by atoms with Crippen LogP contribution in [-0.2, 0) is 10.4 Å². The van der Waals surface area contributed by atoms with Gasteiger partial charge in [0.15, 0.2) is 5.67 Å². The average molecular weight is 308 g/mol. The molecule has 96 valence electrons. The molecule has 1 atom stereocenters. The van der Waals surface area contributed by atoms with E-state index in [2.05, 4.69) is 15.9 Å². The molecular formula is C12H16BrF2NO. The zero-order chi connectivity index (χ0) is 12.9. The lowest BCUT2D eigenvalue weighted by molar-refractivity contribution is 0.0276. The molecule has 0 aromatic heterocycles. The van der Waals surface area contributed by atoms with E-state index < -0.39 is 11.5 Å². The van der Waals surface area contributed by atoms with Crippen LogP contribution in [0, 0.1) is 5.82 Å². The second kappa shape index (κ2) is 6.42. The fourth-order valence-corrected chi connectivity index (χ4v) is 2.11. The lowest BCUT2D eigenvalue weighted by Crippen LogP contribution is -2.28. The molecule has 0 saturated carbocycles. The number of nitrogens with two attached hydrogens (primary N) is 1. The third-order valence-electron chi connectivity index (χ3n) is 2.58. The van der Waals surface area contributed by atoms with Gasteiger partial charge >= 0.3 is 0 Å². The van der Waals surface area contributed by atoms with Crippen molar-refractivity contribution >= 4 is 15.9 Å². The summed E-state index contributed by atoms with van der Waals surface area (Å²) in [5.41, 5.74) is 3.55. The highest BCUT2D eigenvalue weighted by Crippen LogP contribution is 2.35. The summed E-state index contributed by atoms with van der Waals surface area (Å²) in [4.78, 5) is 0. The third kappa shape index (κ3) is 3.47. The molecule has 0 aliphatic carbocycles. The van der Waals surface area contributed by atoms with Gasteiger partial charge in [-0.3, -0.25) is 0 Å². The van der Waals surface area contributed by atoms with Gasteiger partial charge in [-0.1, -0.05) is 12.1 Å². The van der Waals surface area contributed by atoms with Crippen LogP contribution in [0.1, 0.15) is 18.4 Å². The maximum absolute atomic E-state index is 14.7. The summed E-state index contributed by atoms with van der Waals surface area (Å²) in [6.45, 7) is 0.186. The van der Waals surface area contributed by atoms with E-state index in [0.717, 1.165) is 0 Å². The van der Waals surface area contributed by atoms with Crippen LogP contribution in [0.25, 0.3) is 0 Å². The van der Waals surface area contributed by atoms with Gasteiger partial charge in [0, 0.05) is 12.7 Å². The predicted octanol–water partition coefficient (Wildman–Crippen LogP) is 3.14. The Labute approximate surface area is 108 Å². The zero-order valence-electron chi connectivity index (χ0n) is 9.68. The molecule has 17 heavy (non-hydrogen) atoms. The summed E-state index contributed by atoms with van der Waals surface area (Å²) >= 11 is 3.05. The summed E-state index contributed by atoms with van der Waals surface area (Å²) in [5.74, 6) is -0.580. The molecule has 0 aliphatic rings. The molecule has 0 fully saturated rings. The van der Waals surface area contributed by atoms with E-state index in [-0.39, 0.29) is 23.1 Å². The molecule has 0 saturated heterocycles. The first kappa shape index (κ1) is 14.5. The van der Waals surface area contributed by atoms with Crippen LogP contribution < -0.4 is 5.73 Å². The molecule has 1 aromatic carbocycles. The molecule has 1 rings (SSSR count). The number of hydrogen-bond acceptors (Lipinski definition) is 2. The first-order chi connectivity index (χ1) is 8.05. The van der Waals surface area contributed by atoms with E-state index in [1.807, 2.05) is 0 Å². The van der Waals surface area contributed by atoms with Crippen molar-refractivity contribution in [2.45, 2.75) is 18.5 Å². The fourth-order valence-electron chi connectivity index (χ4n) is 1.75. The molecule has 5 heteroatoms. The monoisotopic (exact) mass is 307 g/mol. The van der Waals surface area contributed by atoms with Crippen molar-refractivity contribution in [3.05, 3.63) is 34.1 Å². The minimum absolute atomic E-state index is 0.0159. The van der Waals surface area contributed by atoms with Crippen LogP contribution in [0.3, 0.4) is 0 Å². The van der Waals surface area contributed by atoms with Crippen molar-refractivity contribution in [3.63, 3.8) is 0 Å². The van der Waals surface area contributed by atoms with Gasteiger partial charge in [0.1, 0.15) is 5.82 Å². The number of benzene rings is 1. The molecule has 2 nitrogen and oxygen atoms in total. The van der Waals surface area contributed by atoms with Gasteiger partial charge in [-0.05, 0) is 41.4 Å². The van der Waals surface area contributed by atoms with E-state index in [1.165, 1.54) is 19.2 Å². The number of halogens is 3. The molecule has 0 aliphatic heterocycles.